The zero-order chi connectivity index (χ0) is 18.8. The fraction of sp³-hybridized carbons (Fsp3) is 0.333. The Morgan fingerprint density at radius 3 is 2.28 bits per heavy atom. The Hall–Kier alpha value is -1.86. The third kappa shape index (κ3) is 4.41. The van der Waals surface area contributed by atoms with E-state index in [9.17, 15) is 16.8 Å². The van der Waals surface area contributed by atoms with Crippen molar-refractivity contribution < 1.29 is 21.0 Å². The SMILES string of the molecule is CCC(C)c1ccccc1OS(=O)(=O)c1cc(S(C)(=O)=O)ccc1C. The standard InChI is InChI=1S/C18H22O5S2/c1-5-13(2)16-8-6-7-9-17(16)23-25(21,22)18-12-15(24(4,19)20)11-10-14(18)3/h6-13H,5H2,1-4H3. The second-order valence-electron chi connectivity index (χ2n) is 6.08. The average Bonchev–Trinajstić information content (AvgIpc) is 2.53. The van der Waals surface area contributed by atoms with Gasteiger partial charge in [-0.25, -0.2) is 8.42 Å². The van der Waals surface area contributed by atoms with E-state index in [1.54, 1.807) is 19.1 Å². The maximum Gasteiger partial charge on any atom is 0.339 e. The monoisotopic (exact) mass is 382 g/mol. The minimum absolute atomic E-state index is 0.0597. The maximum atomic E-state index is 12.7. The van der Waals surface area contributed by atoms with E-state index in [1.807, 2.05) is 26.0 Å². The van der Waals surface area contributed by atoms with E-state index in [1.165, 1.54) is 12.1 Å². The molecule has 0 N–H and O–H groups in total. The molecule has 0 saturated carbocycles. The molecule has 0 aliphatic rings. The van der Waals surface area contributed by atoms with Gasteiger partial charge < -0.3 is 4.18 Å². The van der Waals surface area contributed by atoms with Crippen LogP contribution in [-0.2, 0) is 20.0 Å². The van der Waals surface area contributed by atoms with Crippen LogP contribution >= 0.6 is 0 Å². The number of benzene rings is 2. The lowest BCUT2D eigenvalue weighted by atomic mass is 9.98. The van der Waals surface area contributed by atoms with E-state index in [0.29, 0.717) is 5.56 Å². The molecule has 0 spiro atoms. The molecule has 0 aliphatic heterocycles. The van der Waals surface area contributed by atoms with Crippen LogP contribution in [0.4, 0.5) is 0 Å². The van der Waals surface area contributed by atoms with Crippen molar-refractivity contribution in [1.82, 2.24) is 0 Å². The van der Waals surface area contributed by atoms with E-state index >= 15 is 0 Å². The lowest BCUT2D eigenvalue weighted by Crippen LogP contribution is -2.14. The average molecular weight is 383 g/mol. The Balaban J connectivity index is 2.52. The number of para-hydroxylation sites is 1. The fourth-order valence-electron chi connectivity index (χ4n) is 2.43. The molecule has 0 aliphatic carbocycles. The van der Waals surface area contributed by atoms with Gasteiger partial charge >= 0.3 is 10.1 Å². The zero-order valence-corrected chi connectivity index (χ0v) is 16.3. The second-order valence-corrected chi connectivity index (χ2v) is 9.61. The van der Waals surface area contributed by atoms with Crippen LogP contribution in [0.1, 0.15) is 37.3 Å². The van der Waals surface area contributed by atoms with E-state index < -0.39 is 20.0 Å². The predicted molar refractivity (Wildman–Crippen MR) is 97.3 cm³/mol. The smallest absolute Gasteiger partial charge is 0.339 e. The van der Waals surface area contributed by atoms with E-state index in [4.69, 9.17) is 4.18 Å². The van der Waals surface area contributed by atoms with Crippen LogP contribution in [0.3, 0.4) is 0 Å². The quantitative estimate of drug-likeness (QED) is 0.712. The summed E-state index contributed by atoms with van der Waals surface area (Å²) in [5.74, 6) is 0.399. The van der Waals surface area contributed by atoms with E-state index in [0.717, 1.165) is 24.3 Å². The van der Waals surface area contributed by atoms with Gasteiger partial charge in [-0.3, -0.25) is 0 Å². The summed E-state index contributed by atoms with van der Waals surface area (Å²) >= 11 is 0. The van der Waals surface area contributed by atoms with Crippen LogP contribution in [0.15, 0.2) is 52.3 Å². The van der Waals surface area contributed by atoms with Crippen molar-refractivity contribution in [2.75, 3.05) is 6.26 Å². The van der Waals surface area contributed by atoms with Crippen molar-refractivity contribution in [2.45, 2.75) is 42.9 Å². The molecule has 0 amide bonds. The molecule has 0 bridgehead atoms. The summed E-state index contributed by atoms with van der Waals surface area (Å²) in [5.41, 5.74) is 1.22. The highest BCUT2D eigenvalue weighted by molar-refractivity contribution is 7.90. The molecule has 0 aromatic heterocycles. The molecule has 1 unspecified atom stereocenters. The number of hydrogen-bond acceptors (Lipinski definition) is 5. The Morgan fingerprint density at radius 1 is 1.04 bits per heavy atom. The van der Waals surface area contributed by atoms with Crippen LogP contribution in [0.25, 0.3) is 0 Å². The molecule has 2 aromatic rings. The summed E-state index contributed by atoms with van der Waals surface area (Å²) in [6.45, 7) is 5.60. The van der Waals surface area contributed by atoms with Crippen LogP contribution in [-0.4, -0.2) is 23.1 Å². The summed E-state index contributed by atoms with van der Waals surface area (Å²) < 4.78 is 54.3. The van der Waals surface area contributed by atoms with Crippen molar-refractivity contribution in [3.8, 4) is 5.75 Å². The third-order valence-electron chi connectivity index (χ3n) is 4.12. The van der Waals surface area contributed by atoms with Gasteiger partial charge in [0, 0.05) is 6.26 Å². The Labute approximate surface area is 149 Å². The van der Waals surface area contributed by atoms with Crippen LogP contribution in [0.2, 0.25) is 0 Å². The van der Waals surface area contributed by atoms with Crippen molar-refractivity contribution >= 4 is 20.0 Å². The molecule has 0 heterocycles. The number of sulfone groups is 1. The zero-order valence-electron chi connectivity index (χ0n) is 14.7. The molecule has 1 atom stereocenters. The van der Waals surface area contributed by atoms with Crippen molar-refractivity contribution in [2.24, 2.45) is 0 Å². The fourth-order valence-corrected chi connectivity index (χ4v) is 4.36. The Bertz CT molecular complexity index is 976. The van der Waals surface area contributed by atoms with Crippen molar-refractivity contribution in [1.29, 1.82) is 0 Å². The van der Waals surface area contributed by atoms with Crippen LogP contribution in [0, 0.1) is 6.92 Å². The van der Waals surface area contributed by atoms with Crippen molar-refractivity contribution in [3.05, 3.63) is 53.6 Å². The second kappa shape index (κ2) is 7.17. The highest BCUT2D eigenvalue weighted by atomic mass is 32.2. The number of hydrogen-bond donors (Lipinski definition) is 0. The molecular formula is C18H22O5S2. The molecule has 25 heavy (non-hydrogen) atoms. The molecule has 7 heteroatoms. The van der Waals surface area contributed by atoms with Gasteiger partial charge in [0.25, 0.3) is 0 Å². The Kier molecular flexibility index (Phi) is 5.58. The first-order chi connectivity index (χ1) is 11.6. The lowest BCUT2D eigenvalue weighted by molar-refractivity contribution is 0.479. The summed E-state index contributed by atoms with van der Waals surface area (Å²) in [5, 5.41) is 0. The number of rotatable bonds is 6. The highest BCUT2D eigenvalue weighted by Gasteiger charge is 2.23. The predicted octanol–water partition coefficient (Wildman–Crippen LogP) is 3.68. The minimum Gasteiger partial charge on any atom is -0.379 e. The maximum absolute atomic E-state index is 12.7. The summed E-state index contributed by atoms with van der Waals surface area (Å²) in [6, 6.07) is 11.0. The topological polar surface area (TPSA) is 77.5 Å². The summed E-state index contributed by atoms with van der Waals surface area (Å²) in [6.07, 6.45) is 1.87. The van der Waals surface area contributed by atoms with Gasteiger partial charge in [0.1, 0.15) is 10.6 Å². The highest BCUT2D eigenvalue weighted by Crippen LogP contribution is 2.31. The van der Waals surface area contributed by atoms with Gasteiger partial charge in [0.15, 0.2) is 9.84 Å². The van der Waals surface area contributed by atoms with Gasteiger partial charge in [-0.15, -0.1) is 0 Å². The summed E-state index contributed by atoms with van der Waals surface area (Å²) in [7, 11) is -7.68. The van der Waals surface area contributed by atoms with Gasteiger partial charge in [-0.05, 0) is 48.6 Å². The molecule has 2 aromatic carbocycles. The molecule has 136 valence electrons. The molecule has 0 radical (unpaired) electrons. The van der Waals surface area contributed by atoms with Gasteiger partial charge in [0.2, 0.25) is 0 Å². The molecular weight excluding hydrogens is 360 g/mol. The first-order valence-corrected chi connectivity index (χ1v) is 11.2. The number of aryl methyl sites for hydroxylation is 1. The van der Waals surface area contributed by atoms with Crippen molar-refractivity contribution in [3.63, 3.8) is 0 Å². The molecule has 0 saturated heterocycles. The lowest BCUT2D eigenvalue weighted by Gasteiger charge is -2.16. The van der Waals surface area contributed by atoms with Crippen LogP contribution in [0.5, 0.6) is 5.75 Å². The molecule has 2 rings (SSSR count). The minimum atomic E-state index is -4.16. The molecule has 0 fully saturated rings. The third-order valence-corrected chi connectivity index (χ3v) is 6.61. The van der Waals surface area contributed by atoms with E-state index in [2.05, 4.69) is 0 Å². The van der Waals surface area contributed by atoms with Gasteiger partial charge in [0.05, 0.1) is 4.90 Å². The van der Waals surface area contributed by atoms with Crippen LogP contribution < -0.4 is 4.18 Å². The van der Waals surface area contributed by atoms with Gasteiger partial charge in [-0.2, -0.15) is 8.42 Å². The first-order valence-electron chi connectivity index (χ1n) is 7.90. The van der Waals surface area contributed by atoms with E-state index in [-0.39, 0.29) is 21.5 Å². The Morgan fingerprint density at radius 2 is 1.68 bits per heavy atom. The largest absolute Gasteiger partial charge is 0.379 e. The summed E-state index contributed by atoms with van der Waals surface area (Å²) in [4.78, 5) is -0.204. The van der Waals surface area contributed by atoms with Gasteiger partial charge in [-0.1, -0.05) is 38.1 Å². The molecule has 5 nitrogen and oxygen atoms in total. The normalized spacial score (nSPS) is 13.4. The first kappa shape index (κ1) is 19.5.